The zero-order valence-corrected chi connectivity index (χ0v) is 12.9. The number of hydrogen-bond donors (Lipinski definition) is 1. The number of rotatable bonds is 9. The molecule has 1 N–H and O–H groups in total. The quantitative estimate of drug-likeness (QED) is 0.695. The van der Waals surface area contributed by atoms with E-state index < -0.39 is 0 Å². The SMILES string of the molecule is CCCN(CC1CC1)CC1(CNCC)CCOCC1. The second kappa shape index (κ2) is 7.61. The fourth-order valence-corrected chi connectivity index (χ4v) is 3.28. The van der Waals surface area contributed by atoms with E-state index in [1.165, 1.54) is 51.7 Å². The largest absolute Gasteiger partial charge is 0.381 e. The minimum absolute atomic E-state index is 0.457. The second-order valence-electron chi connectivity index (χ2n) is 6.57. The molecule has 1 saturated carbocycles. The Morgan fingerprint density at radius 2 is 1.95 bits per heavy atom. The highest BCUT2D eigenvalue weighted by atomic mass is 16.5. The van der Waals surface area contributed by atoms with E-state index in [1.54, 1.807) is 0 Å². The topological polar surface area (TPSA) is 24.5 Å². The molecule has 2 aliphatic rings. The maximum Gasteiger partial charge on any atom is 0.0472 e. The Morgan fingerprint density at radius 3 is 2.53 bits per heavy atom. The van der Waals surface area contributed by atoms with Crippen molar-refractivity contribution in [3.8, 4) is 0 Å². The first-order valence-corrected chi connectivity index (χ1v) is 8.29. The third-order valence-corrected chi connectivity index (χ3v) is 4.62. The van der Waals surface area contributed by atoms with E-state index in [0.29, 0.717) is 5.41 Å². The first-order chi connectivity index (χ1) is 9.28. The van der Waals surface area contributed by atoms with Gasteiger partial charge >= 0.3 is 0 Å². The molecule has 0 spiro atoms. The fourth-order valence-electron chi connectivity index (χ4n) is 3.28. The Kier molecular flexibility index (Phi) is 6.11. The van der Waals surface area contributed by atoms with Gasteiger partial charge < -0.3 is 15.0 Å². The van der Waals surface area contributed by atoms with E-state index in [-0.39, 0.29) is 0 Å². The number of ether oxygens (including phenoxy) is 1. The van der Waals surface area contributed by atoms with Gasteiger partial charge in [0.1, 0.15) is 0 Å². The van der Waals surface area contributed by atoms with Crippen LogP contribution in [-0.2, 0) is 4.74 Å². The van der Waals surface area contributed by atoms with Crippen LogP contribution in [0, 0.1) is 11.3 Å². The molecular formula is C16H32N2O. The molecular weight excluding hydrogens is 236 g/mol. The highest BCUT2D eigenvalue weighted by molar-refractivity contribution is 4.88. The summed E-state index contributed by atoms with van der Waals surface area (Å²) in [5, 5.41) is 3.59. The summed E-state index contributed by atoms with van der Waals surface area (Å²) in [5.41, 5.74) is 0.457. The van der Waals surface area contributed by atoms with Gasteiger partial charge in [0.05, 0.1) is 0 Å². The molecule has 112 valence electrons. The monoisotopic (exact) mass is 268 g/mol. The lowest BCUT2D eigenvalue weighted by molar-refractivity contribution is -0.00487. The molecule has 1 aliphatic carbocycles. The molecule has 0 atom stereocenters. The Labute approximate surface area is 119 Å². The third kappa shape index (κ3) is 5.05. The molecule has 0 aromatic heterocycles. The van der Waals surface area contributed by atoms with Gasteiger partial charge in [0.15, 0.2) is 0 Å². The van der Waals surface area contributed by atoms with Crippen molar-refractivity contribution >= 4 is 0 Å². The van der Waals surface area contributed by atoms with E-state index in [9.17, 15) is 0 Å². The van der Waals surface area contributed by atoms with Crippen molar-refractivity contribution in [3.05, 3.63) is 0 Å². The standard InChI is InChI=1S/C16H32N2O/c1-3-9-18(12-15-5-6-15)14-16(13-17-4-2)7-10-19-11-8-16/h15,17H,3-14H2,1-2H3. The molecule has 1 aliphatic heterocycles. The Balaban J connectivity index is 1.90. The number of hydrogen-bond acceptors (Lipinski definition) is 3. The second-order valence-corrected chi connectivity index (χ2v) is 6.57. The summed E-state index contributed by atoms with van der Waals surface area (Å²) in [6.07, 6.45) is 6.66. The first-order valence-electron chi connectivity index (χ1n) is 8.29. The van der Waals surface area contributed by atoms with E-state index >= 15 is 0 Å². The van der Waals surface area contributed by atoms with Crippen molar-refractivity contribution in [2.24, 2.45) is 11.3 Å². The maximum absolute atomic E-state index is 5.59. The molecule has 0 amide bonds. The van der Waals surface area contributed by atoms with Gasteiger partial charge in [0, 0.05) is 32.8 Å². The molecule has 19 heavy (non-hydrogen) atoms. The van der Waals surface area contributed by atoms with Crippen LogP contribution in [0.2, 0.25) is 0 Å². The summed E-state index contributed by atoms with van der Waals surface area (Å²) in [6, 6.07) is 0. The van der Waals surface area contributed by atoms with Gasteiger partial charge in [-0.3, -0.25) is 0 Å². The Hall–Kier alpha value is -0.120. The maximum atomic E-state index is 5.59. The average molecular weight is 268 g/mol. The highest BCUT2D eigenvalue weighted by Gasteiger charge is 2.35. The van der Waals surface area contributed by atoms with Gasteiger partial charge in [-0.05, 0) is 56.5 Å². The summed E-state index contributed by atoms with van der Waals surface area (Å²) in [6.45, 7) is 12.5. The Morgan fingerprint density at radius 1 is 1.21 bits per heavy atom. The normalized spacial score (nSPS) is 22.9. The van der Waals surface area contributed by atoms with Gasteiger partial charge in [-0.2, -0.15) is 0 Å². The molecule has 0 unspecified atom stereocenters. The predicted molar refractivity (Wildman–Crippen MR) is 80.5 cm³/mol. The van der Waals surface area contributed by atoms with Crippen LogP contribution >= 0.6 is 0 Å². The molecule has 0 radical (unpaired) electrons. The van der Waals surface area contributed by atoms with Crippen LogP contribution in [0.4, 0.5) is 0 Å². The Bertz CT molecular complexity index is 247. The highest BCUT2D eigenvalue weighted by Crippen LogP contribution is 2.34. The summed E-state index contributed by atoms with van der Waals surface area (Å²) in [4.78, 5) is 2.74. The van der Waals surface area contributed by atoms with Gasteiger partial charge in [-0.15, -0.1) is 0 Å². The van der Waals surface area contributed by atoms with E-state index in [0.717, 1.165) is 32.2 Å². The minimum atomic E-state index is 0.457. The molecule has 0 aromatic carbocycles. The fraction of sp³-hybridized carbons (Fsp3) is 1.00. The number of nitrogens with one attached hydrogen (secondary N) is 1. The van der Waals surface area contributed by atoms with Crippen LogP contribution < -0.4 is 5.32 Å². The summed E-state index contributed by atoms with van der Waals surface area (Å²) < 4.78 is 5.59. The van der Waals surface area contributed by atoms with Crippen LogP contribution in [-0.4, -0.2) is 50.8 Å². The molecule has 2 fully saturated rings. The minimum Gasteiger partial charge on any atom is -0.381 e. The summed E-state index contributed by atoms with van der Waals surface area (Å²) >= 11 is 0. The number of nitrogens with zero attached hydrogens (tertiary/aromatic N) is 1. The molecule has 0 bridgehead atoms. The van der Waals surface area contributed by atoms with Gasteiger partial charge in [-0.1, -0.05) is 13.8 Å². The van der Waals surface area contributed by atoms with Crippen LogP contribution in [0.3, 0.4) is 0 Å². The zero-order valence-electron chi connectivity index (χ0n) is 12.9. The molecule has 3 heteroatoms. The summed E-state index contributed by atoms with van der Waals surface area (Å²) in [5.74, 6) is 1.00. The van der Waals surface area contributed by atoms with E-state index in [4.69, 9.17) is 4.74 Å². The van der Waals surface area contributed by atoms with Crippen LogP contribution in [0.15, 0.2) is 0 Å². The van der Waals surface area contributed by atoms with Gasteiger partial charge in [0.2, 0.25) is 0 Å². The zero-order chi connectivity index (χ0) is 13.6. The van der Waals surface area contributed by atoms with Crippen molar-refractivity contribution in [1.82, 2.24) is 10.2 Å². The van der Waals surface area contributed by atoms with Gasteiger partial charge in [0.25, 0.3) is 0 Å². The molecule has 1 heterocycles. The van der Waals surface area contributed by atoms with E-state index in [1.807, 2.05) is 0 Å². The molecule has 1 saturated heterocycles. The lowest BCUT2D eigenvalue weighted by atomic mass is 9.79. The van der Waals surface area contributed by atoms with Crippen LogP contribution in [0.5, 0.6) is 0 Å². The van der Waals surface area contributed by atoms with E-state index in [2.05, 4.69) is 24.1 Å². The molecule has 2 rings (SSSR count). The molecule has 3 nitrogen and oxygen atoms in total. The van der Waals surface area contributed by atoms with Crippen LogP contribution in [0.1, 0.15) is 46.0 Å². The predicted octanol–water partition coefficient (Wildman–Crippen LogP) is 2.51. The van der Waals surface area contributed by atoms with Crippen molar-refractivity contribution in [1.29, 1.82) is 0 Å². The van der Waals surface area contributed by atoms with Gasteiger partial charge in [-0.25, -0.2) is 0 Å². The van der Waals surface area contributed by atoms with Crippen LogP contribution in [0.25, 0.3) is 0 Å². The van der Waals surface area contributed by atoms with Crippen molar-refractivity contribution < 1.29 is 4.74 Å². The average Bonchev–Trinajstić information content (AvgIpc) is 3.22. The summed E-state index contributed by atoms with van der Waals surface area (Å²) in [7, 11) is 0. The molecule has 0 aromatic rings. The van der Waals surface area contributed by atoms with Crippen molar-refractivity contribution in [3.63, 3.8) is 0 Å². The first kappa shape index (κ1) is 15.3. The van der Waals surface area contributed by atoms with Crippen molar-refractivity contribution in [2.75, 3.05) is 45.9 Å². The van der Waals surface area contributed by atoms with Crippen molar-refractivity contribution in [2.45, 2.75) is 46.0 Å². The third-order valence-electron chi connectivity index (χ3n) is 4.62. The smallest absolute Gasteiger partial charge is 0.0472 e. The lowest BCUT2D eigenvalue weighted by Gasteiger charge is -2.41. The lowest BCUT2D eigenvalue weighted by Crippen LogP contribution is -2.48.